The van der Waals surface area contributed by atoms with E-state index < -0.39 is 5.41 Å². The van der Waals surface area contributed by atoms with Crippen molar-refractivity contribution in [3.63, 3.8) is 0 Å². The number of aromatic nitrogens is 6. The van der Waals surface area contributed by atoms with Crippen LogP contribution in [0.3, 0.4) is 0 Å². The Balaban J connectivity index is 1.11. The van der Waals surface area contributed by atoms with Gasteiger partial charge in [0.25, 0.3) is 0 Å². The molecule has 6 heteroatoms. The average molecular weight is 779 g/mol. The molecule has 4 aromatic carbocycles. The first-order chi connectivity index (χ1) is 30.2. The fraction of sp³-hybridized carbons (Fsp3) is 0.0182. The van der Waals surface area contributed by atoms with E-state index in [9.17, 15) is 0 Å². The molecule has 6 heterocycles. The third kappa shape index (κ3) is 5.57. The van der Waals surface area contributed by atoms with Crippen LogP contribution in [-0.4, -0.2) is 29.9 Å². The first-order valence-electron chi connectivity index (χ1n) is 20.4. The fourth-order valence-corrected chi connectivity index (χ4v) is 9.43. The van der Waals surface area contributed by atoms with Crippen LogP contribution >= 0.6 is 0 Å². The maximum Gasteiger partial charge on any atom is 0.0886 e. The van der Waals surface area contributed by atoms with Crippen LogP contribution in [0, 0.1) is 0 Å². The summed E-state index contributed by atoms with van der Waals surface area (Å²) in [5.74, 6) is 0. The Morgan fingerprint density at radius 3 is 0.885 bits per heavy atom. The summed E-state index contributed by atoms with van der Waals surface area (Å²) in [4.78, 5) is 28.5. The Morgan fingerprint density at radius 1 is 0.246 bits per heavy atom. The molecule has 2 aliphatic rings. The van der Waals surface area contributed by atoms with Crippen LogP contribution < -0.4 is 0 Å². The van der Waals surface area contributed by atoms with Crippen molar-refractivity contribution in [1.82, 2.24) is 29.9 Å². The summed E-state index contributed by atoms with van der Waals surface area (Å²) in [5, 5.41) is 0. The molecular formula is C55H34N6. The molecule has 0 aliphatic heterocycles. The molecule has 10 aromatic rings. The summed E-state index contributed by atoms with van der Waals surface area (Å²) < 4.78 is 0. The van der Waals surface area contributed by atoms with Crippen molar-refractivity contribution in [2.24, 2.45) is 0 Å². The highest BCUT2D eigenvalue weighted by Crippen LogP contribution is 2.64. The zero-order valence-corrected chi connectivity index (χ0v) is 32.8. The highest BCUT2D eigenvalue weighted by atomic mass is 14.8. The van der Waals surface area contributed by atoms with Crippen LogP contribution in [-0.2, 0) is 5.41 Å². The van der Waals surface area contributed by atoms with Gasteiger partial charge in [0.1, 0.15) is 0 Å². The van der Waals surface area contributed by atoms with Crippen molar-refractivity contribution < 1.29 is 0 Å². The number of hydrogen-bond acceptors (Lipinski definition) is 6. The number of nitrogens with zero attached hydrogens (tertiary/aromatic N) is 6. The second-order valence-electron chi connectivity index (χ2n) is 15.5. The minimum absolute atomic E-state index is 0.681. The molecule has 1 spiro atoms. The second-order valence-corrected chi connectivity index (χ2v) is 15.5. The Hall–Kier alpha value is -8.22. The summed E-state index contributed by atoms with van der Waals surface area (Å²) >= 11 is 0. The monoisotopic (exact) mass is 778 g/mol. The Bertz CT molecular complexity index is 3040. The van der Waals surface area contributed by atoms with Crippen LogP contribution in [0.15, 0.2) is 207 Å². The lowest BCUT2D eigenvalue weighted by atomic mass is 9.69. The number of pyridine rings is 6. The Kier molecular flexibility index (Phi) is 7.96. The minimum Gasteiger partial charge on any atom is -0.256 e. The van der Waals surface area contributed by atoms with E-state index in [1.165, 1.54) is 44.5 Å². The molecule has 6 aromatic heterocycles. The van der Waals surface area contributed by atoms with Crippen molar-refractivity contribution in [3.05, 3.63) is 229 Å². The lowest BCUT2D eigenvalue weighted by Gasteiger charge is -2.31. The zero-order chi connectivity index (χ0) is 40.3. The number of rotatable bonds is 6. The van der Waals surface area contributed by atoms with Crippen molar-refractivity contribution in [1.29, 1.82) is 0 Å². The van der Waals surface area contributed by atoms with Gasteiger partial charge in [-0.05, 0) is 141 Å². The van der Waals surface area contributed by atoms with Gasteiger partial charge in [-0.15, -0.1) is 0 Å². The second kappa shape index (κ2) is 14.0. The van der Waals surface area contributed by atoms with E-state index in [0.29, 0.717) is 0 Å². The van der Waals surface area contributed by atoms with Gasteiger partial charge in [-0.1, -0.05) is 84.9 Å². The van der Waals surface area contributed by atoms with E-state index in [-0.39, 0.29) is 0 Å². The van der Waals surface area contributed by atoms with Crippen LogP contribution in [0.1, 0.15) is 22.3 Å². The van der Waals surface area contributed by atoms with Crippen LogP contribution in [0.2, 0.25) is 0 Å². The van der Waals surface area contributed by atoms with Crippen LogP contribution in [0.25, 0.3) is 89.8 Å². The van der Waals surface area contributed by atoms with Gasteiger partial charge in [-0.2, -0.15) is 0 Å². The minimum atomic E-state index is -0.681. The molecule has 0 amide bonds. The fourth-order valence-electron chi connectivity index (χ4n) is 9.43. The van der Waals surface area contributed by atoms with Gasteiger partial charge >= 0.3 is 0 Å². The van der Waals surface area contributed by atoms with E-state index in [1.807, 2.05) is 73.3 Å². The first-order valence-corrected chi connectivity index (χ1v) is 20.4. The van der Waals surface area contributed by atoms with E-state index in [1.54, 1.807) is 12.4 Å². The summed E-state index contributed by atoms with van der Waals surface area (Å²) in [6.45, 7) is 0. The van der Waals surface area contributed by atoms with E-state index in [4.69, 9.17) is 19.9 Å². The van der Waals surface area contributed by atoms with Gasteiger partial charge in [-0.25, -0.2) is 0 Å². The summed E-state index contributed by atoms with van der Waals surface area (Å²) in [6, 6.07) is 60.1. The predicted molar refractivity (Wildman–Crippen MR) is 242 cm³/mol. The molecule has 0 unspecified atom stereocenters. The van der Waals surface area contributed by atoms with E-state index >= 15 is 0 Å². The largest absolute Gasteiger partial charge is 0.256 e. The van der Waals surface area contributed by atoms with Crippen molar-refractivity contribution in [2.75, 3.05) is 0 Å². The number of fused-ring (bicyclic) bond motifs is 10. The Morgan fingerprint density at radius 2 is 0.557 bits per heavy atom. The molecule has 0 radical (unpaired) electrons. The maximum atomic E-state index is 4.89. The molecule has 6 nitrogen and oxygen atoms in total. The third-order valence-electron chi connectivity index (χ3n) is 12.2. The van der Waals surface area contributed by atoms with Gasteiger partial charge in [-0.3, -0.25) is 29.9 Å². The quantitative estimate of drug-likeness (QED) is 0.167. The molecule has 12 rings (SSSR count). The molecule has 0 fully saturated rings. The van der Waals surface area contributed by atoms with Gasteiger partial charge < -0.3 is 0 Å². The summed E-state index contributed by atoms with van der Waals surface area (Å²) in [5.41, 5.74) is 20.7. The third-order valence-corrected chi connectivity index (χ3v) is 12.2. The number of benzene rings is 4. The van der Waals surface area contributed by atoms with Crippen LogP contribution in [0.4, 0.5) is 0 Å². The van der Waals surface area contributed by atoms with Crippen LogP contribution in [0.5, 0.6) is 0 Å². The standard InChI is InChI=1S/C55H34N6/c1-5-25-56-49(9-1)37-15-21-43-41-19-13-35(39-17-23-53(60-33-39)51-11-3-7-27-58-51)29-45(41)55(47(43)31-37)46-30-36(40-18-24-54(61-34-40)52-12-4-8-28-59-52)14-20-42(46)44-22-16-38(32-48(44)55)50-10-2-6-26-57-50/h1-34H. The molecular weight excluding hydrogens is 745 g/mol. The van der Waals surface area contributed by atoms with Crippen molar-refractivity contribution >= 4 is 0 Å². The lowest BCUT2D eigenvalue weighted by molar-refractivity contribution is 0.794. The average Bonchev–Trinajstić information content (AvgIpc) is 3.81. The summed E-state index contributed by atoms with van der Waals surface area (Å²) in [6.07, 6.45) is 11.3. The van der Waals surface area contributed by atoms with Crippen molar-refractivity contribution in [2.45, 2.75) is 5.41 Å². The van der Waals surface area contributed by atoms with Gasteiger partial charge in [0.2, 0.25) is 0 Å². The normalized spacial score (nSPS) is 12.7. The maximum absolute atomic E-state index is 4.89. The molecule has 0 saturated heterocycles. The highest BCUT2D eigenvalue weighted by Gasteiger charge is 2.52. The predicted octanol–water partition coefficient (Wildman–Crippen LogP) is 12.4. The molecule has 0 saturated carbocycles. The molecule has 0 N–H and O–H groups in total. The smallest absolute Gasteiger partial charge is 0.0886 e. The molecule has 2 aliphatic carbocycles. The first kappa shape index (κ1) is 34.8. The lowest BCUT2D eigenvalue weighted by Crippen LogP contribution is -2.26. The molecule has 61 heavy (non-hydrogen) atoms. The van der Waals surface area contributed by atoms with Crippen molar-refractivity contribution in [3.8, 4) is 89.8 Å². The van der Waals surface area contributed by atoms with Gasteiger partial charge in [0, 0.05) is 59.4 Å². The highest BCUT2D eigenvalue weighted by molar-refractivity contribution is 5.98. The molecule has 0 atom stereocenters. The molecule has 284 valence electrons. The van der Waals surface area contributed by atoms with E-state index in [0.717, 1.165) is 67.5 Å². The summed E-state index contributed by atoms with van der Waals surface area (Å²) in [7, 11) is 0. The Labute approximate surface area is 353 Å². The zero-order valence-electron chi connectivity index (χ0n) is 32.8. The number of hydrogen-bond donors (Lipinski definition) is 0. The topological polar surface area (TPSA) is 77.3 Å². The van der Waals surface area contributed by atoms with Gasteiger partial charge in [0.05, 0.1) is 39.6 Å². The molecule has 0 bridgehead atoms. The van der Waals surface area contributed by atoms with Gasteiger partial charge in [0.15, 0.2) is 0 Å². The SMILES string of the molecule is c1ccc(-c2ccc3c(c2)C2(c4cc(-c5ccc(-c6ccccn6)nc5)ccc4-3)c3cc(-c4ccc(-c5ccccn5)nc4)ccc3-c3ccc(-c4ccccn4)cc32)nc1. The van der Waals surface area contributed by atoms with E-state index in [2.05, 4.69) is 131 Å².